The number of nitrogens with two attached hydrogens (primary N) is 1. The highest BCUT2D eigenvalue weighted by molar-refractivity contribution is 5.94. The van der Waals surface area contributed by atoms with E-state index in [9.17, 15) is 9.90 Å². The summed E-state index contributed by atoms with van der Waals surface area (Å²) in [6.45, 7) is 4.20. The number of aryl methyl sites for hydroxylation is 2. The molecule has 3 rings (SSSR count). The lowest BCUT2D eigenvalue weighted by Crippen LogP contribution is -2.14. The van der Waals surface area contributed by atoms with Gasteiger partial charge in [0, 0.05) is 17.3 Å². The van der Waals surface area contributed by atoms with Gasteiger partial charge >= 0.3 is 0 Å². The maximum atomic E-state index is 11.8. The van der Waals surface area contributed by atoms with Crippen LogP contribution in [-0.4, -0.2) is 15.4 Å². The molecule has 0 saturated heterocycles. The third kappa shape index (κ3) is 2.69. The second-order valence-electron chi connectivity index (χ2n) is 5.94. The van der Waals surface area contributed by atoms with Crippen molar-refractivity contribution in [1.29, 1.82) is 0 Å². The number of aliphatic hydroxyl groups excluding tert-OH is 1. The van der Waals surface area contributed by atoms with E-state index in [4.69, 9.17) is 5.73 Å². The first-order chi connectivity index (χ1) is 11.6. The van der Waals surface area contributed by atoms with Crippen molar-refractivity contribution in [1.82, 2.24) is 4.40 Å². The Hall–Kier alpha value is -2.59. The van der Waals surface area contributed by atoms with E-state index in [1.54, 1.807) is 6.07 Å². The summed E-state index contributed by atoms with van der Waals surface area (Å²) in [5.41, 5.74) is 10.7. The Balaban J connectivity index is 2.29. The van der Waals surface area contributed by atoms with E-state index in [-0.39, 0.29) is 0 Å². The summed E-state index contributed by atoms with van der Waals surface area (Å²) in [6.07, 6.45) is 3.00. The molecule has 0 radical (unpaired) electrons. The van der Waals surface area contributed by atoms with Gasteiger partial charge in [-0.05, 0) is 41.7 Å². The fourth-order valence-corrected chi connectivity index (χ4v) is 3.27. The Kier molecular flexibility index (Phi) is 4.40. The fourth-order valence-electron chi connectivity index (χ4n) is 3.27. The van der Waals surface area contributed by atoms with E-state index in [1.807, 2.05) is 40.8 Å². The molecule has 124 valence electrons. The summed E-state index contributed by atoms with van der Waals surface area (Å²) < 4.78 is 1.99. The minimum Gasteiger partial charge on any atom is -0.382 e. The van der Waals surface area contributed by atoms with E-state index >= 15 is 0 Å². The largest absolute Gasteiger partial charge is 0.382 e. The number of primary amides is 1. The van der Waals surface area contributed by atoms with Gasteiger partial charge in [-0.2, -0.15) is 0 Å². The lowest BCUT2D eigenvalue weighted by Gasteiger charge is -2.15. The zero-order chi connectivity index (χ0) is 17.3. The molecule has 1 amide bonds. The monoisotopic (exact) mass is 322 g/mol. The van der Waals surface area contributed by atoms with E-state index < -0.39 is 12.0 Å². The number of carbonyl (C=O) groups excluding carboxylic acids is 1. The Morgan fingerprint density at radius 3 is 2.46 bits per heavy atom. The van der Waals surface area contributed by atoms with E-state index in [0.29, 0.717) is 11.3 Å². The standard InChI is InChI=1S/C20H22N2O2/c1-3-13-12-22-17(16(13)4-2)10-15(20(21)24)11-18(22)19(23)14-8-6-5-7-9-14/h5-12,19,23H,3-4H2,1-2H3,(H2,21,24). The number of rotatable bonds is 5. The molecule has 1 atom stereocenters. The second-order valence-corrected chi connectivity index (χ2v) is 5.94. The lowest BCUT2D eigenvalue weighted by molar-refractivity contribution is 0.1000. The molecule has 0 bridgehead atoms. The molecule has 1 unspecified atom stereocenters. The average Bonchev–Trinajstić information content (AvgIpc) is 2.98. The third-order valence-corrected chi connectivity index (χ3v) is 4.53. The predicted octanol–water partition coefficient (Wildman–Crippen LogP) is 3.24. The van der Waals surface area contributed by atoms with Gasteiger partial charge in [-0.25, -0.2) is 0 Å². The van der Waals surface area contributed by atoms with Crippen molar-refractivity contribution in [3.05, 3.63) is 76.6 Å². The Labute approximate surface area is 141 Å². The first-order valence-electron chi connectivity index (χ1n) is 8.26. The van der Waals surface area contributed by atoms with Crippen LogP contribution in [0.5, 0.6) is 0 Å². The van der Waals surface area contributed by atoms with E-state index in [1.165, 1.54) is 11.1 Å². The van der Waals surface area contributed by atoms with Crippen molar-refractivity contribution in [2.75, 3.05) is 0 Å². The van der Waals surface area contributed by atoms with Crippen LogP contribution in [0.4, 0.5) is 0 Å². The van der Waals surface area contributed by atoms with Crippen molar-refractivity contribution in [3.63, 3.8) is 0 Å². The first kappa shape index (κ1) is 16.3. The van der Waals surface area contributed by atoms with Gasteiger partial charge in [0.2, 0.25) is 5.91 Å². The van der Waals surface area contributed by atoms with Gasteiger partial charge in [-0.15, -0.1) is 0 Å². The Morgan fingerprint density at radius 1 is 1.17 bits per heavy atom. The zero-order valence-electron chi connectivity index (χ0n) is 14.0. The van der Waals surface area contributed by atoms with Crippen molar-refractivity contribution in [2.45, 2.75) is 32.8 Å². The Bertz CT molecular complexity index is 882. The number of aromatic nitrogens is 1. The molecule has 2 heterocycles. The maximum absolute atomic E-state index is 11.8. The van der Waals surface area contributed by atoms with Crippen LogP contribution >= 0.6 is 0 Å². The van der Waals surface area contributed by atoms with Crippen LogP contribution in [0.25, 0.3) is 5.52 Å². The molecule has 3 aromatic rings. The number of nitrogens with zero attached hydrogens (tertiary/aromatic N) is 1. The van der Waals surface area contributed by atoms with Gasteiger partial charge < -0.3 is 15.2 Å². The van der Waals surface area contributed by atoms with Crippen LogP contribution in [0, 0.1) is 0 Å². The van der Waals surface area contributed by atoms with Crippen molar-refractivity contribution in [2.24, 2.45) is 5.73 Å². The summed E-state index contributed by atoms with van der Waals surface area (Å²) in [5, 5.41) is 10.9. The number of benzene rings is 1. The summed E-state index contributed by atoms with van der Waals surface area (Å²) >= 11 is 0. The summed E-state index contributed by atoms with van der Waals surface area (Å²) in [7, 11) is 0. The Morgan fingerprint density at radius 2 is 1.88 bits per heavy atom. The summed E-state index contributed by atoms with van der Waals surface area (Å²) in [5.74, 6) is -0.486. The van der Waals surface area contributed by atoms with Crippen LogP contribution in [0.2, 0.25) is 0 Å². The maximum Gasteiger partial charge on any atom is 0.248 e. The van der Waals surface area contributed by atoms with E-state index in [0.717, 1.165) is 23.9 Å². The quantitative estimate of drug-likeness (QED) is 0.757. The first-order valence-corrected chi connectivity index (χ1v) is 8.26. The molecule has 0 aliphatic heterocycles. The van der Waals surface area contributed by atoms with Crippen LogP contribution in [-0.2, 0) is 12.8 Å². The molecule has 0 aliphatic rings. The number of hydrogen-bond donors (Lipinski definition) is 2. The van der Waals surface area contributed by atoms with Crippen LogP contribution in [0.15, 0.2) is 48.7 Å². The number of aliphatic hydroxyl groups is 1. The number of fused-ring (bicyclic) bond motifs is 1. The minimum absolute atomic E-state index is 0.419. The van der Waals surface area contributed by atoms with Gasteiger partial charge in [-0.3, -0.25) is 4.79 Å². The smallest absolute Gasteiger partial charge is 0.248 e. The van der Waals surface area contributed by atoms with Crippen molar-refractivity contribution < 1.29 is 9.90 Å². The van der Waals surface area contributed by atoms with Crippen molar-refractivity contribution >= 4 is 11.4 Å². The fraction of sp³-hybridized carbons (Fsp3) is 0.250. The van der Waals surface area contributed by atoms with Crippen LogP contribution in [0.1, 0.15) is 52.7 Å². The molecule has 4 heteroatoms. The molecule has 0 saturated carbocycles. The van der Waals surface area contributed by atoms with Gasteiger partial charge in [0.15, 0.2) is 0 Å². The number of pyridine rings is 1. The molecule has 4 nitrogen and oxygen atoms in total. The molecular formula is C20H22N2O2. The van der Waals surface area contributed by atoms with Crippen molar-refractivity contribution in [3.8, 4) is 0 Å². The predicted molar refractivity (Wildman–Crippen MR) is 95.2 cm³/mol. The van der Waals surface area contributed by atoms with Gasteiger partial charge in [0.1, 0.15) is 6.10 Å². The second kappa shape index (κ2) is 6.49. The number of carbonyl (C=O) groups is 1. The van der Waals surface area contributed by atoms with Crippen LogP contribution in [0.3, 0.4) is 0 Å². The lowest BCUT2D eigenvalue weighted by atomic mass is 10.0. The van der Waals surface area contributed by atoms with E-state index in [2.05, 4.69) is 20.0 Å². The summed E-state index contributed by atoms with van der Waals surface area (Å²) in [6, 6.07) is 12.9. The summed E-state index contributed by atoms with van der Waals surface area (Å²) in [4.78, 5) is 11.8. The number of hydrogen-bond acceptors (Lipinski definition) is 2. The molecule has 0 aliphatic carbocycles. The topological polar surface area (TPSA) is 67.7 Å². The van der Waals surface area contributed by atoms with Gasteiger partial charge in [-0.1, -0.05) is 44.2 Å². The third-order valence-electron chi connectivity index (χ3n) is 4.53. The minimum atomic E-state index is -0.824. The molecule has 3 N–H and O–H groups in total. The average molecular weight is 322 g/mol. The highest BCUT2D eigenvalue weighted by Crippen LogP contribution is 2.29. The van der Waals surface area contributed by atoms with Gasteiger partial charge in [0.25, 0.3) is 0 Å². The molecule has 0 spiro atoms. The normalized spacial score (nSPS) is 12.5. The SMILES string of the molecule is CCc1cn2c(C(O)c3ccccc3)cc(C(N)=O)cc2c1CC. The van der Waals surface area contributed by atoms with Crippen LogP contribution < -0.4 is 5.73 Å². The molecular weight excluding hydrogens is 300 g/mol. The molecule has 1 aromatic carbocycles. The van der Waals surface area contributed by atoms with Gasteiger partial charge in [0.05, 0.1) is 5.69 Å². The number of amides is 1. The highest BCUT2D eigenvalue weighted by atomic mass is 16.3. The molecule has 0 fully saturated rings. The zero-order valence-corrected chi connectivity index (χ0v) is 14.0. The molecule has 24 heavy (non-hydrogen) atoms. The highest BCUT2D eigenvalue weighted by Gasteiger charge is 2.19. The molecule has 2 aromatic heterocycles.